The van der Waals surface area contributed by atoms with E-state index in [2.05, 4.69) is 53.5 Å². The second-order valence-corrected chi connectivity index (χ2v) is 18.9. The Labute approximate surface area is 367 Å². The van der Waals surface area contributed by atoms with Crippen molar-refractivity contribution in [3.8, 4) is 5.75 Å². The molecule has 0 radical (unpaired) electrons. The monoisotopic (exact) mass is 883 g/mol. The average molecular weight is 884 g/mol. The lowest BCUT2D eigenvalue weighted by Crippen LogP contribution is -2.51. The van der Waals surface area contributed by atoms with Gasteiger partial charge in [0.25, 0.3) is 5.56 Å². The highest BCUT2D eigenvalue weighted by Crippen LogP contribution is 2.46. The van der Waals surface area contributed by atoms with Crippen LogP contribution in [0.1, 0.15) is 69.8 Å². The molecule has 5 aliphatic rings. The summed E-state index contributed by atoms with van der Waals surface area (Å²) in [5.41, 5.74) is 3.19. The molecular formula is C46H52ClF2N9O5. The zero-order valence-corrected chi connectivity index (χ0v) is 36.4. The number of hydrogen-bond acceptors (Lipinski definition) is 11. The number of carbonyl (C=O) groups is 2. The summed E-state index contributed by atoms with van der Waals surface area (Å²) in [5.74, 6) is -3.12. The molecule has 2 amide bonds. The van der Waals surface area contributed by atoms with Crippen LogP contribution in [-0.4, -0.2) is 86.4 Å². The summed E-state index contributed by atoms with van der Waals surface area (Å²) in [7, 11) is 3.59. The van der Waals surface area contributed by atoms with Crippen LogP contribution < -0.4 is 36.0 Å². The summed E-state index contributed by atoms with van der Waals surface area (Å²) in [6.07, 6.45) is 9.07. The fraction of sp³-hybridized carbons (Fsp3) is 0.500. The summed E-state index contributed by atoms with van der Waals surface area (Å²) in [6.45, 7) is 4.10. The Balaban J connectivity index is 0.789. The van der Waals surface area contributed by atoms with Crippen LogP contribution in [0.15, 0.2) is 53.6 Å². The maximum Gasteiger partial charge on any atom is 0.301 e. The Morgan fingerprint density at radius 1 is 0.921 bits per heavy atom. The lowest BCUT2D eigenvalue weighted by atomic mass is 9.70. The van der Waals surface area contributed by atoms with E-state index in [1.807, 2.05) is 20.2 Å². The highest BCUT2D eigenvalue weighted by Gasteiger charge is 2.51. The number of hydrogen-bond donors (Lipinski definition) is 4. The summed E-state index contributed by atoms with van der Waals surface area (Å²) in [4.78, 5) is 51.6. The van der Waals surface area contributed by atoms with Gasteiger partial charge in [0.2, 0.25) is 23.5 Å². The molecule has 5 aromatic rings. The molecule has 2 aromatic carbocycles. The number of piperidine rings is 3. The number of halogens is 3. The molecule has 332 valence electrons. The largest absolute Gasteiger partial charge is 0.480 e. The van der Waals surface area contributed by atoms with Crippen molar-refractivity contribution in [2.24, 2.45) is 31.8 Å². The minimum Gasteiger partial charge on any atom is -0.480 e. The van der Waals surface area contributed by atoms with Gasteiger partial charge in [0, 0.05) is 75.0 Å². The average Bonchev–Trinajstić information content (AvgIpc) is 4.08. The lowest BCUT2D eigenvalue weighted by Gasteiger charge is -2.46. The molecule has 1 saturated carbocycles. The fourth-order valence-electron chi connectivity index (χ4n) is 10.6. The van der Waals surface area contributed by atoms with Crippen molar-refractivity contribution >= 4 is 74.0 Å². The molecule has 10 rings (SSSR count). The van der Waals surface area contributed by atoms with E-state index in [1.54, 1.807) is 31.4 Å². The first-order chi connectivity index (χ1) is 30.2. The Bertz CT molecular complexity index is 2700. The topological polar surface area (TPSA) is 159 Å². The maximum absolute atomic E-state index is 15.2. The van der Waals surface area contributed by atoms with E-state index < -0.39 is 29.7 Å². The van der Waals surface area contributed by atoms with Gasteiger partial charge in [-0.2, -0.15) is 4.98 Å². The van der Waals surface area contributed by atoms with Crippen molar-refractivity contribution in [2.45, 2.75) is 81.8 Å². The fourth-order valence-corrected chi connectivity index (χ4v) is 10.7. The van der Waals surface area contributed by atoms with Gasteiger partial charge in [0.05, 0.1) is 40.5 Å². The van der Waals surface area contributed by atoms with Crippen molar-refractivity contribution in [3.63, 3.8) is 0 Å². The number of aromatic nitrogens is 4. The number of rotatable bonds is 8. The molecule has 3 atom stereocenters. The Hall–Kier alpha value is -5.48. The predicted molar refractivity (Wildman–Crippen MR) is 239 cm³/mol. The third kappa shape index (κ3) is 7.51. The first-order valence-corrected chi connectivity index (χ1v) is 22.4. The van der Waals surface area contributed by atoms with Crippen LogP contribution >= 0.6 is 11.6 Å². The number of amides is 2. The van der Waals surface area contributed by atoms with Crippen molar-refractivity contribution in [1.29, 1.82) is 0 Å². The molecule has 3 saturated heterocycles. The smallest absolute Gasteiger partial charge is 0.301 e. The van der Waals surface area contributed by atoms with Crippen LogP contribution in [0.4, 0.5) is 37.6 Å². The number of aryl methyl sites for hydroxylation is 2. The molecule has 7 heterocycles. The van der Waals surface area contributed by atoms with Crippen molar-refractivity contribution < 1.29 is 28.2 Å². The minimum atomic E-state index is -3.14. The van der Waals surface area contributed by atoms with Gasteiger partial charge in [0.1, 0.15) is 5.02 Å². The number of fused-ring (bicyclic) bond motifs is 4. The molecular weight excluding hydrogens is 832 g/mol. The highest BCUT2D eigenvalue weighted by molar-refractivity contribution is 6.33. The number of ether oxygens (including phenoxy) is 1. The molecule has 63 heavy (non-hydrogen) atoms. The number of carbonyl (C=O) groups excluding carboxylic acids is 2. The van der Waals surface area contributed by atoms with E-state index in [0.717, 1.165) is 60.9 Å². The SMILES string of the molecule is Cn1cc(C2CCC(=O)NC2=O)c2ccc(N3CCC([C@](C)(O)C4CCN(c5ncc(Cl)c(Nc6ccc7c(c6)c6c(c(=O)n7C)OCC(F)(F)[C@H](C7CC7)N6)n5)CC4)CC3)cc21. The maximum atomic E-state index is 15.2. The van der Waals surface area contributed by atoms with Crippen LogP contribution in [0.25, 0.3) is 21.8 Å². The number of anilines is 5. The van der Waals surface area contributed by atoms with Gasteiger partial charge in [0.15, 0.2) is 12.4 Å². The van der Waals surface area contributed by atoms with E-state index >= 15 is 8.78 Å². The quantitative estimate of drug-likeness (QED) is 0.121. The standard InChI is InChI=1S/C46H52ClF2N9O5/c1-45(62,26-12-16-57(17-13-26)29-7-8-30-33(23-55(2)36(30)21-29)31-9-11-37(59)52-42(31)60)27-14-18-58(19-15-27)44-50-22-34(47)41(54-44)51-28-6-10-35-32(20-28)38-39(43(61)56(35)3)63-24-46(48,49)40(53-38)25-4-5-25/h6-8,10,20-23,25-27,31,40,53,62H,4-5,9,11-19,24H2,1-3H3,(H,50,51,54)(H,52,59,60)/t31?,40-,45-/m0/s1. The van der Waals surface area contributed by atoms with Gasteiger partial charge < -0.3 is 39.4 Å². The van der Waals surface area contributed by atoms with E-state index in [-0.39, 0.29) is 46.9 Å². The molecule has 4 N–H and O–H groups in total. The summed E-state index contributed by atoms with van der Waals surface area (Å²) < 4.78 is 39.4. The summed E-state index contributed by atoms with van der Waals surface area (Å²) >= 11 is 6.64. The third-order valence-electron chi connectivity index (χ3n) is 14.5. The van der Waals surface area contributed by atoms with Gasteiger partial charge in [-0.1, -0.05) is 17.7 Å². The molecule has 0 bridgehead atoms. The Morgan fingerprint density at radius 2 is 1.63 bits per heavy atom. The molecule has 0 spiro atoms. The molecule has 14 nitrogen and oxygen atoms in total. The van der Waals surface area contributed by atoms with E-state index in [9.17, 15) is 19.5 Å². The van der Waals surface area contributed by atoms with Crippen molar-refractivity contribution in [1.82, 2.24) is 24.4 Å². The highest BCUT2D eigenvalue weighted by atomic mass is 35.5. The van der Waals surface area contributed by atoms with Gasteiger partial charge in [-0.25, -0.2) is 13.8 Å². The van der Waals surface area contributed by atoms with Gasteiger partial charge in [-0.3, -0.25) is 19.7 Å². The Kier molecular flexibility index (Phi) is 10.3. The van der Waals surface area contributed by atoms with Crippen LogP contribution in [0, 0.1) is 17.8 Å². The van der Waals surface area contributed by atoms with Crippen LogP contribution in [0.2, 0.25) is 5.02 Å². The second kappa shape index (κ2) is 15.6. The van der Waals surface area contributed by atoms with E-state index in [1.165, 1.54) is 4.57 Å². The van der Waals surface area contributed by atoms with Crippen molar-refractivity contribution in [2.75, 3.05) is 53.2 Å². The van der Waals surface area contributed by atoms with Crippen LogP contribution in [0.3, 0.4) is 0 Å². The van der Waals surface area contributed by atoms with Crippen LogP contribution in [-0.2, 0) is 23.7 Å². The predicted octanol–water partition coefficient (Wildman–Crippen LogP) is 6.84. The normalized spacial score (nSPS) is 23.2. The molecule has 4 aliphatic heterocycles. The first-order valence-electron chi connectivity index (χ1n) is 22.0. The lowest BCUT2D eigenvalue weighted by molar-refractivity contribution is -0.134. The number of imide groups is 1. The molecule has 4 fully saturated rings. The number of nitrogens with one attached hydrogen (secondary N) is 3. The number of alkyl halides is 2. The van der Waals surface area contributed by atoms with Crippen molar-refractivity contribution in [3.05, 3.63) is 69.7 Å². The molecule has 3 aromatic heterocycles. The second-order valence-electron chi connectivity index (χ2n) is 18.4. The molecule has 1 aliphatic carbocycles. The minimum absolute atomic E-state index is 0.0985. The number of aliphatic hydroxyl groups is 1. The molecule has 17 heteroatoms. The Morgan fingerprint density at radius 3 is 2.33 bits per heavy atom. The third-order valence-corrected chi connectivity index (χ3v) is 14.8. The van der Waals surface area contributed by atoms with Crippen LogP contribution in [0.5, 0.6) is 5.75 Å². The number of nitrogens with zero attached hydrogens (tertiary/aromatic N) is 6. The van der Waals surface area contributed by atoms with Gasteiger partial charge in [-0.15, -0.1) is 0 Å². The molecule has 1 unspecified atom stereocenters. The zero-order valence-electron chi connectivity index (χ0n) is 35.6. The number of benzene rings is 2. The summed E-state index contributed by atoms with van der Waals surface area (Å²) in [6, 6.07) is 10.6. The number of pyridine rings is 1. The zero-order chi connectivity index (χ0) is 43.9. The van der Waals surface area contributed by atoms with Gasteiger partial charge >= 0.3 is 5.92 Å². The van der Waals surface area contributed by atoms with E-state index in [4.69, 9.17) is 21.3 Å². The van der Waals surface area contributed by atoms with E-state index in [0.29, 0.717) is 72.2 Å². The first kappa shape index (κ1) is 41.5. The van der Waals surface area contributed by atoms with Gasteiger partial charge in [-0.05, 0) is 106 Å². The summed E-state index contributed by atoms with van der Waals surface area (Å²) in [5, 5.41) is 22.8.